The van der Waals surface area contributed by atoms with Gasteiger partial charge in [0.1, 0.15) is 12.7 Å². The van der Waals surface area contributed by atoms with E-state index in [0.29, 0.717) is 0 Å². The SMILES string of the molecule is CC(CCc1cccnc1)Nc1ncnc2c1ncn2-c1ccccc1. The summed E-state index contributed by atoms with van der Waals surface area (Å²) in [5, 5.41) is 3.47. The second-order valence-electron chi connectivity index (χ2n) is 6.29. The fourth-order valence-corrected chi connectivity index (χ4v) is 2.95. The molecule has 1 atom stereocenters. The van der Waals surface area contributed by atoms with E-state index in [-0.39, 0.29) is 6.04 Å². The van der Waals surface area contributed by atoms with Gasteiger partial charge in [0.05, 0.1) is 0 Å². The highest BCUT2D eigenvalue weighted by atomic mass is 15.1. The highest BCUT2D eigenvalue weighted by molar-refractivity contribution is 5.84. The Kier molecular flexibility index (Phi) is 4.55. The summed E-state index contributed by atoms with van der Waals surface area (Å²) >= 11 is 0. The zero-order valence-electron chi connectivity index (χ0n) is 14.6. The Labute approximate surface area is 152 Å². The summed E-state index contributed by atoms with van der Waals surface area (Å²) in [5.74, 6) is 0.767. The molecule has 0 aliphatic carbocycles. The van der Waals surface area contributed by atoms with Gasteiger partial charge in [0.25, 0.3) is 0 Å². The van der Waals surface area contributed by atoms with E-state index in [1.54, 1.807) is 18.9 Å². The van der Waals surface area contributed by atoms with Crippen LogP contribution in [0.3, 0.4) is 0 Å². The highest BCUT2D eigenvalue weighted by Gasteiger charge is 2.13. The molecule has 0 fully saturated rings. The molecule has 4 rings (SSSR count). The van der Waals surface area contributed by atoms with Gasteiger partial charge in [-0.05, 0) is 43.5 Å². The second-order valence-corrected chi connectivity index (χ2v) is 6.29. The Morgan fingerprint density at radius 1 is 1.04 bits per heavy atom. The molecule has 3 aromatic heterocycles. The Hall–Kier alpha value is -3.28. The van der Waals surface area contributed by atoms with E-state index in [0.717, 1.165) is 35.5 Å². The summed E-state index contributed by atoms with van der Waals surface area (Å²) in [6.45, 7) is 2.15. The maximum absolute atomic E-state index is 4.53. The molecule has 0 aliphatic heterocycles. The van der Waals surface area contributed by atoms with Gasteiger partial charge >= 0.3 is 0 Å². The van der Waals surface area contributed by atoms with Crippen LogP contribution >= 0.6 is 0 Å². The molecule has 0 amide bonds. The molecule has 1 unspecified atom stereocenters. The molecule has 3 heterocycles. The molecular formula is C20H20N6. The van der Waals surface area contributed by atoms with Crippen LogP contribution in [-0.4, -0.2) is 30.5 Å². The number of rotatable bonds is 6. The molecule has 6 nitrogen and oxygen atoms in total. The normalized spacial score (nSPS) is 12.2. The van der Waals surface area contributed by atoms with Gasteiger partial charge in [0, 0.05) is 24.1 Å². The minimum atomic E-state index is 0.259. The van der Waals surface area contributed by atoms with E-state index >= 15 is 0 Å². The van der Waals surface area contributed by atoms with Gasteiger partial charge in [-0.2, -0.15) is 0 Å². The van der Waals surface area contributed by atoms with Crippen molar-refractivity contribution in [1.29, 1.82) is 0 Å². The Bertz CT molecular complexity index is 981. The van der Waals surface area contributed by atoms with Crippen LogP contribution < -0.4 is 5.32 Å². The van der Waals surface area contributed by atoms with E-state index in [1.165, 1.54) is 5.56 Å². The number of aromatic nitrogens is 5. The quantitative estimate of drug-likeness (QED) is 0.578. The topological polar surface area (TPSA) is 68.5 Å². The molecule has 0 saturated carbocycles. The van der Waals surface area contributed by atoms with Crippen molar-refractivity contribution >= 4 is 17.0 Å². The van der Waals surface area contributed by atoms with E-state index in [4.69, 9.17) is 0 Å². The van der Waals surface area contributed by atoms with Crippen molar-refractivity contribution in [2.75, 3.05) is 5.32 Å². The number of fused-ring (bicyclic) bond motifs is 1. The Morgan fingerprint density at radius 2 is 1.92 bits per heavy atom. The number of hydrogen-bond acceptors (Lipinski definition) is 5. The second kappa shape index (κ2) is 7.31. The summed E-state index contributed by atoms with van der Waals surface area (Å²) in [4.78, 5) is 17.5. The number of aryl methyl sites for hydroxylation is 1. The van der Waals surface area contributed by atoms with Crippen molar-refractivity contribution in [2.45, 2.75) is 25.8 Å². The smallest absolute Gasteiger partial charge is 0.170 e. The van der Waals surface area contributed by atoms with Crippen molar-refractivity contribution in [3.05, 3.63) is 73.1 Å². The first kappa shape index (κ1) is 16.2. The zero-order valence-corrected chi connectivity index (χ0v) is 14.6. The lowest BCUT2D eigenvalue weighted by Gasteiger charge is -2.14. The number of nitrogens with zero attached hydrogens (tertiary/aromatic N) is 5. The van der Waals surface area contributed by atoms with Gasteiger partial charge in [-0.1, -0.05) is 24.3 Å². The summed E-state index contributed by atoms with van der Waals surface area (Å²) in [7, 11) is 0. The van der Waals surface area contributed by atoms with Crippen LogP contribution in [0, 0.1) is 0 Å². The molecule has 6 heteroatoms. The average Bonchev–Trinajstić information content (AvgIpc) is 3.13. The van der Waals surface area contributed by atoms with Gasteiger partial charge in [-0.15, -0.1) is 0 Å². The monoisotopic (exact) mass is 344 g/mol. The largest absolute Gasteiger partial charge is 0.366 e. The third kappa shape index (κ3) is 3.39. The molecule has 130 valence electrons. The first-order valence-corrected chi connectivity index (χ1v) is 8.70. The van der Waals surface area contributed by atoms with Gasteiger partial charge in [0.2, 0.25) is 0 Å². The molecule has 1 aromatic carbocycles. The number of benzene rings is 1. The van der Waals surface area contributed by atoms with E-state index in [9.17, 15) is 0 Å². The van der Waals surface area contributed by atoms with Crippen LogP contribution in [-0.2, 0) is 6.42 Å². The van der Waals surface area contributed by atoms with E-state index in [1.807, 2.05) is 47.2 Å². The molecule has 0 saturated heterocycles. The predicted molar refractivity (Wildman–Crippen MR) is 102 cm³/mol. The van der Waals surface area contributed by atoms with Crippen LogP contribution in [0.25, 0.3) is 16.9 Å². The molecule has 0 aliphatic rings. The number of imidazole rings is 1. The van der Waals surface area contributed by atoms with Crippen molar-refractivity contribution in [3.8, 4) is 5.69 Å². The van der Waals surface area contributed by atoms with Crippen molar-refractivity contribution in [2.24, 2.45) is 0 Å². The number of anilines is 1. The van der Waals surface area contributed by atoms with Crippen LogP contribution in [0.1, 0.15) is 18.9 Å². The van der Waals surface area contributed by atoms with Gasteiger partial charge in [-0.3, -0.25) is 9.55 Å². The maximum Gasteiger partial charge on any atom is 0.170 e. The summed E-state index contributed by atoms with van der Waals surface area (Å²) < 4.78 is 1.97. The molecule has 26 heavy (non-hydrogen) atoms. The third-order valence-electron chi connectivity index (χ3n) is 4.34. The molecule has 4 aromatic rings. The maximum atomic E-state index is 4.53. The summed E-state index contributed by atoms with van der Waals surface area (Å²) in [5.41, 5.74) is 3.85. The van der Waals surface area contributed by atoms with Crippen LogP contribution in [0.4, 0.5) is 5.82 Å². The number of pyridine rings is 1. The molecule has 1 N–H and O–H groups in total. The average molecular weight is 344 g/mol. The fraction of sp³-hybridized carbons (Fsp3) is 0.200. The lowest BCUT2D eigenvalue weighted by molar-refractivity contribution is 0.702. The number of nitrogens with one attached hydrogen (secondary N) is 1. The third-order valence-corrected chi connectivity index (χ3v) is 4.34. The predicted octanol–water partition coefficient (Wildman–Crippen LogP) is 3.64. The Balaban J connectivity index is 1.53. The van der Waals surface area contributed by atoms with Gasteiger partial charge < -0.3 is 5.32 Å². The van der Waals surface area contributed by atoms with Crippen LogP contribution in [0.5, 0.6) is 0 Å². The van der Waals surface area contributed by atoms with Gasteiger partial charge in [0.15, 0.2) is 17.0 Å². The van der Waals surface area contributed by atoms with Crippen molar-refractivity contribution in [3.63, 3.8) is 0 Å². The number of hydrogen-bond donors (Lipinski definition) is 1. The first-order valence-electron chi connectivity index (χ1n) is 8.70. The lowest BCUT2D eigenvalue weighted by atomic mass is 10.1. The summed E-state index contributed by atoms with van der Waals surface area (Å²) in [6, 6.07) is 14.4. The minimum Gasteiger partial charge on any atom is -0.366 e. The van der Waals surface area contributed by atoms with E-state index < -0.39 is 0 Å². The zero-order chi connectivity index (χ0) is 17.8. The molecular weight excluding hydrogens is 324 g/mol. The van der Waals surface area contributed by atoms with Crippen LogP contribution in [0.2, 0.25) is 0 Å². The molecule has 0 bridgehead atoms. The first-order chi connectivity index (χ1) is 12.8. The van der Waals surface area contributed by atoms with Gasteiger partial charge in [-0.25, -0.2) is 15.0 Å². The summed E-state index contributed by atoms with van der Waals surface area (Å²) in [6.07, 6.45) is 9.04. The van der Waals surface area contributed by atoms with E-state index in [2.05, 4.69) is 38.2 Å². The fourth-order valence-electron chi connectivity index (χ4n) is 2.95. The highest BCUT2D eigenvalue weighted by Crippen LogP contribution is 2.21. The standard InChI is InChI=1S/C20H20N6/c1-15(9-10-16-6-5-11-21-12-16)25-19-18-20(23-13-22-19)26(14-24-18)17-7-3-2-4-8-17/h2-8,11-15H,9-10H2,1H3,(H,22,23,25). The molecule has 0 spiro atoms. The van der Waals surface area contributed by atoms with Crippen LogP contribution in [0.15, 0.2) is 67.5 Å². The molecule has 0 radical (unpaired) electrons. The number of para-hydroxylation sites is 1. The minimum absolute atomic E-state index is 0.259. The van der Waals surface area contributed by atoms with Crippen molar-refractivity contribution < 1.29 is 0 Å². The Morgan fingerprint density at radius 3 is 2.73 bits per heavy atom. The van der Waals surface area contributed by atoms with Crippen molar-refractivity contribution in [1.82, 2.24) is 24.5 Å². The lowest BCUT2D eigenvalue weighted by Crippen LogP contribution is -2.17.